The number of nitrogens with one attached hydrogen (secondary N) is 1. The summed E-state index contributed by atoms with van der Waals surface area (Å²) in [4.78, 5) is 20.8. The minimum atomic E-state index is -2.98. The normalized spacial score (nSPS) is 11.9. The van der Waals surface area contributed by atoms with Crippen molar-refractivity contribution in [1.29, 1.82) is 0 Å². The topological polar surface area (TPSA) is 116 Å². The van der Waals surface area contributed by atoms with Gasteiger partial charge in [-0.15, -0.1) is 10.2 Å². The Morgan fingerprint density at radius 1 is 1.17 bits per heavy atom. The summed E-state index contributed by atoms with van der Waals surface area (Å²) in [5.74, 6) is -0.247. The van der Waals surface area contributed by atoms with Crippen LogP contribution in [0.1, 0.15) is 42.7 Å². The predicted molar refractivity (Wildman–Crippen MR) is 123 cm³/mol. The molecule has 10 nitrogen and oxygen atoms in total. The first-order chi connectivity index (χ1) is 17.4. The van der Waals surface area contributed by atoms with Gasteiger partial charge in [0.2, 0.25) is 0 Å². The fourth-order valence-corrected chi connectivity index (χ4v) is 4.04. The van der Waals surface area contributed by atoms with E-state index in [4.69, 9.17) is 0 Å². The maximum atomic E-state index is 13.3. The Morgan fingerprint density at radius 2 is 1.94 bits per heavy atom. The van der Waals surface area contributed by atoms with E-state index in [1.54, 1.807) is 11.5 Å². The second-order valence-electron chi connectivity index (χ2n) is 7.26. The van der Waals surface area contributed by atoms with Gasteiger partial charge in [0.05, 0.1) is 29.2 Å². The van der Waals surface area contributed by atoms with Gasteiger partial charge in [0.15, 0.2) is 11.0 Å². The van der Waals surface area contributed by atoms with Gasteiger partial charge in [-0.2, -0.15) is 10.2 Å². The fourth-order valence-electron chi connectivity index (χ4n) is 3.22. The molecule has 0 saturated carbocycles. The summed E-state index contributed by atoms with van der Waals surface area (Å²) in [6, 6.07) is 8.00. The van der Waals surface area contributed by atoms with E-state index in [0.717, 1.165) is 22.0 Å². The summed E-state index contributed by atoms with van der Waals surface area (Å²) in [5.41, 5.74) is 2.90. The van der Waals surface area contributed by atoms with Crippen molar-refractivity contribution in [2.75, 3.05) is 5.75 Å². The number of carbonyl (C=O) groups is 1. The summed E-state index contributed by atoms with van der Waals surface area (Å²) in [6.07, 6.45) is -3.07. The lowest BCUT2D eigenvalue weighted by atomic mass is 10.3. The number of hydrogen-bond acceptors (Lipinski definition) is 8. The zero-order valence-electron chi connectivity index (χ0n) is 18.7. The zero-order chi connectivity index (χ0) is 25.7. The van der Waals surface area contributed by atoms with Crippen molar-refractivity contribution in [2.45, 2.75) is 38.0 Å². The van der Waals surface area contributed by atoms with Crippen LogP contribution in [0.2, 0.25) is 0 Å². The van der Waals surface area contributed by atoms with Crippen LogP contribution in [0.3, 0.4) is 0 Å². The third kappa shape index (κ3) is 5.84. The summed E-state index contributed by atoms with van der Waals surface area (Å²) < 4.78 is 54.8. The predicted octanol–water partition coefficient (Wildman–Crippen LogP) is 3.60. The highest BCUT2D eigenvalue weighted by molar-refractivity contribution is 7.99. The standard InChI is InChI=1S/C21H19F4N9OS/c1-2-33-17(10-34-16(20(24)25)7-15(32-34)19(22)23)29-31-21(33)36-11-18(35)30-27-9-12-8-26-13-5-3-4-6-14(13)28-12/h3-9,19-20H,2,10-11H2,1H3,(H,30,35)/b27-9-. The van der Waals surface area contributed by atoms with E-state index in [1.807, 2.05) is 24.3 Å². The Morgan fingerprint density at radius 3 is 2.67 bits per heavy atom. The number of benzene rings is 1. The number of amides is 1. The second-order valence-corrected chi connectivity index (χ2v) is 8.20. The highest BCUT2D eigenvalue weighted by Gasteiger charge is 2.23. The molecule has 3 heterocycles. The molecule has 0 fully saturated rings. The highest BCUT2D eigenvalue weighted by atomic mass is 32.2. The maximum absolute atomic E-state index is 13.3. The average Bonchev–Trinajstić information content (AvgIpc) is 3.47. The Hall–Kier alpha value is -3.88. The lowest BCUT2D eigenvalue weighted by Crippen LogP contribution is -2.20. The van der Waals surface area contributed by atoms with Crippen molar-refractivity contribution in [3.05, 3.63) is 59.4 Å². The minimum Gasteiger partial charge on any atom is -0.305 e. The van der Waals surface area contributed by atoms with Crippen molar-refractivity contribution < 1.29 is 22.4 Å². The van der Waals surface area contributed by atoms with E-state index in [9.17, 15) is 22.4 Å². The molecule has 0 aliphatic rings. The number of hydrazone groups is 1. The van der Waals surface area contributed by atoms with Crippen molar-refractivity contribution in [3.8, 4) is 0 Å². The van der Waals surface area contributed by atoms with Crippen LogP contribution in [0.4, 0.5) is 17.6 Å². The van der Waals surface area contributed by atoms with Gasteiger partial charge in [0.1, 0.15) is 23.6 Å². The van der Waals surface area contributed by atoms with Gasteiger partial charge >= 0.3 is 0 Å². The maximum Gasteiger partial charge on any atom is 0.282 e. The van der Waals surface area contributed by atoms with Crippen LogP contribution in [0.25, 0.3) is 11.0 Å². The number of thioether (sulfide) groups is 1. The smallest absolute Gasteiger partial charge is 0.282 e. The van der Waals surface area contributed by atoms with Crippen LogP contribution in [0.5, 0.6) is 0 Å². The van der Waals surface area contributed by atoms with E-state index >= 15 is 0 Å². The Labute approximate surface area is 205 Å². The number of para-hydroxylation sites is 2. The van der Waals surface area contributed by atoms with Gasteiger partial charge in [-0.25, -0.2) is 28.0 Å². The summed E-state index contributed by atoms with van der Waals surface area (Å²) in [6.45, 7) is 1.85. The molecule has 15 heteroatoms. The number of halogens is 4. The van der Waals surface area contributed by atoms with Crippen molar-refractivity contribution in [1.82, 2.24) is 39.9 Å². The van der Waals surface area contributed by atoms with E-state index in [2.05, 4.69) is 35.8 Å². The largest absolute Gasteiger partial charge is 0.305 e. The van der Waals surface area contributed by atoms with Gasteiger partial charge in [-0.3, -0.25) is 14.5 Å². The van der Waals surface area contributed by atoms with Crippen molar-refractivity contribution >= 4 is 34.9 Å². The molecular formula is C21H19F4N9OS. The first kappa shape index (κ1) is 25.2. The molecule has 0 unspecified atom stereocenters. The third-order valence-electron chi connectivity index (χ3n) is 4.86. The number of aromatic nitrogens is 7. The SMILES string of the molecule is CCn1c(Cn2nc(C(F)F)cc2C(F)F)nnc1SCC(=O)N/N=C\c1cnc2ccccc2n1. The molecule has 36 heavy (non-hydrogen) atoms. The molecule has 4 aromatic rings. The molecule has 1 amide bonds. The van der Waals surface area contributed by atoms with Gasteiger partial charge in [0.25, 0.3) is 18.8 Å². The van der Waals surface area contributed by atoms with Crippen molar-refractivity contribution in [3.63, 3.8) is 0 Å². The van der Waals surface area contributed by atoms with Crippen LogP contribution in [0, 0.1) is 0 Å². The highest BCUT2D eigenvalue weighted by Crippen LogP contribution is 2.26. The van der Waals surface area contributed by atoms with Crippen LogP contribution < -0.4 is 5.43 Å². The van der Waals surface area contributed by atoms with Crippen LogP contribution >= 0.6 is 11.8 Å². The van der Waals surface area contributed by atoms with Gasteiger partial charge < -0.3 is 4.57 Å². The summed E-state index contributed by atoms with van der Waals surface area (Å²) in [7, 11) is 0. The van der Waals surface area contributed by atoms with Crippen molar-refractivity contribution in [2.24, 2.45) is 5.10 Å². The summed E-state index contributed by atoms with van der Waals surface area (Å²) in [5, 5.41) is 15.8. The molecule has 0 aliphatic heterocycles. The average molecular weight is 522 g/mol. The first-order valence-electron chi connectivity index (χ1n) is 10.6. The lowest BCUT2D eigenvalue weighted by molar-refractivity contribution is -0.118. The molecule has 188 valence electrons. The van der Waals surface area contributed by atoms with Crippen LogP contribution in [0.15, 0.2) is 46.8 Å². The molecule has 0 saturated heterocycles. The zero-order valence-corrected chi connectivity index (χ0v) is 19.5. The van der Waals surface area contributed by atoms with Gasteiger partial charge in [-0.05, 0) is 25.1 Å². The number of rotatable bonds is 10. The number of fused-ring (bicyclic) bond motifs is 1. The molecule has 0 radical (unpaired) electrons. The Balaban J connectivity index is 1.37. The Kier molecular flexibility index (Phi) is 7.87. The third-order valence-corrected chi connectivity index (χ3v) is 5.83. The van der Waals surface area contributed by atoms with E-state index in [1.165, 1.54) is 12.4 Å². The Bertz CT molecular complexity index is 1390. The van der Waals surface area contributed by atoms with Gasteiger partial charge in [-0.1, -0.05) is 23.9 Å². The first-order valence-corrected chi connectivity index (χ1v) is 11.6. The fraction of sp³-hybridized carbons (Fsp3) is 0.286. The van der Waals surface area contributed by atoms with Gasteiger partial charge in [0, 0.05) is 6.54 Å². The number of alkyl halides is 4. The summed E-state index contributed by atoms with van der Waals surface area (Å²) >= 11 is 1.06. The van der Waals surface area contributed by atoms with E-state index < -0.39 is 30.1 Å². The molecule has 0 aliphatic carbocycles. The molecule has 0 atom stereocenters. The van der Waals surface area contributed by atoms with Crippen LogP contribution in [-0.4, -0.2) is 52.4 Å². The van der Waals surface area contributed by atoms with E-state index in [-0.39, 0.29) is 18.1 Å². The number of carbonyl (C=O) groups excluding carboxylic acids is 1. The monoisotopic (exact) mass is 521 g/mol. The quantitative estimate of drug-likeness (QED) is 0.147. The number of hydrogen-bond donors (Lipinski definition) is 1. The van der Waals surface area contributed by atoms with E-state index in [0.29, 0.717) is 29.0 Å². The number of nitrogens with zero attached hydrogens (tertiary/aromatic N) is 8. The molecule has 0 spiro atoms. The molecular weight excluding hydrogens is 502 g/mol. The lowest BCUT2D eigenvalue weighted by Gasteiger charge is -2.09. The minimum absolute atomic E-state index is 0.0571. The molecule has 4 rings (SSSR count). The molecule has 0 bridgehead atoms. The molecule has 1 aromatic carbocycles. The molecule has 3 aromatic heterocycles. The molecule has 1 N–H and O–H groups in total. The van der Waals surface area contributed by atoms with Crippen LogP contribution in [-0.2, 0) is 17.9 Å². The second kappa shape index (κ2) is 11.2.